The number of nitrogens with zero attached hydrogens (tertiary/aromatic N) is 5. The van der Waals surface area contributed by atoms with Crippen LogP contribution in [-0.4, -0.2) is 75.9 Å². The van der Waals surface area contributed by atoms with Gasteiger partial charge in [0.05, 0.1) is 43.4 Å². The molecule has 2 aromatic rings. The smallest absolute Gasteiger partial charge is 0.241 e. The molecule has 4 rings (SSSR count). The second kappa shape index (κ2) is 9.27. The van der Waals surface area contributed by atoms with Gasteiger partial charge >= 0.3 is 0 Å². The molecule has 2 aliphatic rings. The van der Waals surface area contributed by atoms with Gasteiger partial charge in [0.25, 0.3) is 0 Å². The fraction of sp³-hybridized carbons (Fsp3) is 0.550. The van der Waals surface area contributed by atoms with Gasteiger partial charge in [-0.1, -0.05) is 6.07 Å². The number of ether oxygens (including phenoxy) is 1. The number of nitrogens with one attached hydrogen (secondary N) is 1. The second-order valence-electron chi connectivity index (χ2n) is 7.38. The van der Waals surface area contributed by atoms with Crippen molar-refractivity contribution >= 4 is 11.6 Å². The van der Waals surface area contributed by atoms with Gasteiger partial charge in [-0.15, -0.1) is 0 Å². The molecular weight excluding hydrogens is 356 g/mol. The largest absolute Gasteiger partial charge is 0.379 e. The Balaban J connectivity index is 1.28. The van der Waals surface area contributed by atoms with Crippen molar-refractivity contribution in [3.05, 3.63) is 42.5 Å². The van der Waals surface area contributed by atoms with Crippen LogP contribution in [0.25, 0.3) is 0 Å². The number of aromatic nitrogens is 3. The molecule has 0 saturated carbocycles. The van der Waals surface area contributed by atoms with Crippen LogP contribution in [0.3, 0.4) is 0 Å². The Morgan fingerprint density at radius 3 is 2.93 bits per heavy atom. The maximum absolute atomic E-state index is 12.8. The number of amides is 1. The van der Waals surface area contributed by atoms with Gasteiger partial charge in [-0.3, -0.25) is 24.3 Å². The minimum atomic E-state index is -0.112. The summed E-state index contributed by atoms with van der Waals surface area (Å²) in [5, 5.41) is 7.43. The van der Waals surface area contributed by atoms with E-state index in [1.807, 2.05) is 29.1 Å². The summed E-state index contributed by atoms with van der Waals surface area (Å²) < 4.78 is 7.27. The maximum atomic E-state index is 12.8. The summed E-state index contributed by atoms with van der Waals surface area (Å²) in [5.41, 5.74) is 1.76. The Morgan fingerprint density at radius 1 is 1.21 bits per heavy atom. The van der Waals surface area contributed by atoms with Gasteiger partial charge in [-0.25, -0.2) is 0 Å². The molecule has 0 aliphatic carbocycles. The summed E-state index contributed by atoms with van der Waals surface area (Å²) in [5.74, 6) is 0.0427. The van der Waals surface area contributed by atoms with Crippen molar-refractivity contribution in [2.45, 2.75) is 32.0 Å². The molecule has 1 atom stereocenters. The van der Waals surface area contributed by atoms with Gasteiger partial charge in [0.1, 0.15) is 0 Å². The molecule has 150 valence electrons. The molecular formula is C20H28N6O2. The highest BCUT2D eigenvalue weighted by molar-refractivity contribution is 5.94. The predicted molar refractivity (Wildman–Crippen MR) is 106 cm³/mol. The van der Waals surface area contributed by atoms with Crippen LogP contribution in [0.1, 0.15) is 18.5 Å². The Labute approximate surface area is 165 Å². The third-order valence-electron chi connectivity index (χ3n) is 5.41. The first-order chi connectivity index (χ1) is 13.8. The predicted octanol–water partition coefficient (Wildman–Crippen LogP) is 1.21. The maximum Gasteiger partial charge on any atom is 0.241 e. The van der Waals surface area contributed by atoms with E-state index in [9.17, 15) is 4.79 Å². The number of likely N-dealkylation sites (tertiary alicyclic amines) is 1. The van der Waals surface area contributed by atoms with Crippen LogP contribution in [0.2, 0.25) is 0 Å². The average molecular weight is 384 g/mol. The van der Waals surface area contributed by atoms with E-state index in [4.69, 9.17) is 4.74 Å². The van der Waals surface area contributed by atoms with Crippen molar-refractivity contribution in [2.75, 3.05) is 44.7 Å². The molecule has 2 fully saturated rings. The molecule has 8 nitrogen and oxygen atoms in total. The van der Waals surface area contributed by atoms with Gasteiger partial charge < -0.3 is 10.1 Å². The average Bonchev–Trinajstić information content (AvgIpc) is 3.37. The first-order valence-electron chi connectivity index (χ1n) is 10.1. The molecule has 8 heteroatoms. The monoisotopic (exact) mass is 384 g/mol. The lowest BCUT2D eigenvalue weighted by molar-refractivity contribution is -0.120. The highest BCUT2D eigenvalue weighted by atomic mass is 16.5. The molecule has 1 unspecified atom stereocenters. The first-order valence-corrected chi connectivity index (χ1v) is 10.1. The number of hydrogen-bond acceptors (Lipinski definition) is 6. The van der Waals surface area contributed by atoms with E-state index in [0.29, 0.717) is 6.54 Å². The number of rotatable bonds is 7. The van der Waals surface area contributed by atoms with Crippen molar-refractivity contribution in [2.24, 2.45) is 0 Å². The fourth-order valence-corrected chi connectivity index (χ4v) is 3.86. The molecule has 2 aromatic heterocycles. The molecule has 28 heavy (non-hydrogen) atoms. The lowest BCUT2D eigenvalue weighted by atomic mass is 10.2. The van der Waals surface area contributed by atoms with Gasteiger partial charge in [0, 0.05) is 38.6 Å². The number of pyridine rings is 1. The van der Waals surface area contributed by atoms with Crippen molar-refractivity contribution in [3.63, 3.8) is 0 Å². The third kappa shape index (κ3) is 4.95. The Kier molecular flexibility index (Phi) is 6.31. The van der Waals surface area contributed by atoms with E-state index in [1.54, 1.807) is 12.4 Å². The highest BCUT2D eigenvalue weighted by Crippen LogP contribution is 2.21. The standard InChI is InChI=1S/C20H28N6O2/c27-20(19-5-3-7-25(19)15-17-4-1-2-6-21-17)23-18-14-22-26(16-18)9-8-24-10-12-28-13-11-24/h1-2,4,6,14,16,19H,3,5,7-13,15H2,(H,23,27). The number of carbonyl (C=O) groups is 1. The first kappa shape index (κ1) is 19.0. The molecule has 0 spiro atoms. The van der Waals surface area contributed by atoms with Gasteiger partial charge in [0.2, 0.25) is 5.91 Å². The van der Waals surface area contributed by atoms with Crippen LogP contribution in [-0.2, 0) is 22.6 Å². The van der Waals surface area contributed by atoms with E-state index in [1.165, 1.54) is 0 Å². The second-order valence-corrected chi connectivity index (χ2v) is 7.38. The molecule has 0 bridgehead atoms. The SMILES string of the molecule is O=C(Nc1cnn(CCN2CCOCC2)c1)C1CCCN1Cc1ccccn1. The number of carbonyl (C=O) groups excluding carboxylic acids is 1. The summed E-state index contributed by atoms with van der Waals surface area (Å²) >= 11 is 0. The number of morpholine rings is 1. The molecule has 1 N–H and O–H groups in total. The van der Waals surface area contributed by atoms with Gasteiger partial charge in [-0.2, -0.15) is 5.10 Å². The van der Waals surface area contributed by atoms with Crippen molar-refractivity contribution < 1.29 is 9.53 Å². The van der Waals surface area contributed by atoms with E-state index in [-0.39, 0.29) is 11.9 Å². The third-order valence-corrected chi connectivity index (χ3v) is 5.41. The number of hydrogen-bond donors (Lipinski definition) is 1. The summed E-state index contributed by atoms with van der Waals surface area (Å²) in [6, 6.07) is 5.79. The molecule has 0 radical (unpaired) electrons. The van der Waals surface area contributed by atoms with E-state index in [2.05, 4.69) is 25.2 Å². The minimum Gasteiger partial charge on any atom is -0.379 e. The zero-order chi connectivity index (χ0) is 19.2. The van der Waals surface area contributed by atoms with Crippen molar-refractivity contribution in [1.82, 2.24) is 24.6 Å². The van der Waals surface area contributed by atoms with Crippen LogP contribution in [0.4, 0.5) is 5.69 Å². The zero-order valence-corrected chi connectivity index (χ0v) is 16.2. The van der Waals surface area contributed by atoms with Crippen LogP contribution in [0, 0.1) is 0 Å². The minimum absolute atomic E-state index is 0.0427. The summed E-state index contributed by atoms with van der Waals surface area (Å²) in [6.07, 6.45) is 7.35. The Bertz CT molecular complexity index is 759. The molecule has 0 aromatic carbocycles. The number of anilines is 1. The molecule has 2 aliphatic heterocycles. The van der Waals surface area contributed by atoms with Crippen LogP contribution in [0.15, 0.2) is 36.8 Å². The van der Waals surface area contributed by atoms with Gasteiger partial charge in [0.15, 0.2) is 0 Å². The van der Waals surface area contributed by atoms with E-state index >= 15 is 0 Å². The van der Waals surface area contributed by atoms with Crippen molar-refractivity contribution in [1.29, 1.82) is 0 Å². The summed E-state index contributed by atoms with van der Waals surface area (Å²) in [6.45, 7) is 6.93. The topological polar surface area (TPSA) is 75.5 Å². The summed E-state index contributed by atoms with van der Waals surface area (Å²) in [7, 11) is 0. The quantitative estimate of drug-likeness (QED) is 0.774. The van der Waals surface area contributed by atoms with Crippen molar-refractivity contribution in [3.8, 4) is 0 Å². The molecule has 1 amide bonds. The zero-order valence-electron chi connectivity index (χ0n) is 16.2. The van der Waals surface area contributed by atoms with Crippen LogP contribution < -0.4 is 5.32 Å². The highest BCUT2D eigenvalue weighted by Gasteiger charge is 2.31. The van der Waals surface area contributed by atoms with E-state index in [0.717, 1.165) is 70.2 Å². The van der Waals surface area contributed by atoms with Crippen LogP contribution in [0.5, 0.6) is 0 Å². The summed E-state index contributed by atoms with van der Waals surface area (Å²) in [4.78, 5) is 21.8. The Morgan fingerprint density at radius 2 is 2.11 bits per heavy atom. The fourth-order valence-electron chi connectivity index (χ4n) is 3.86. The van der Waals surface area contributed by atoms with Crippen LogP contribution >= 0.6 is 0 Å². The molecule has 2 saturated heterocycles. The van der Waals surface area contributed by atoms with Gasteiger partial charge in [-0.05, 0) is 31.5 Å². The Hall–Kier alpha value is -2.29. The normalized spacial score (nSPS) is 21.1. The lowest BCUT2D eigenvalue weighted by Crippen LogP contribution is -2.39. The molecule has 4 heterocycles. The lowest BCUT2D eigenvalue weighted by Gasteiger charge is -2.26. The van der Waals surface area contributed by atoms with E-state index < -0.39 is 0 Å².